The Balaban J connectivity index is 0.00000384. The van der Waals surface area contributed by atoms with Crippen LogP contribution in [0.3, 0.4) is 0 Å². The van der Waals surface area contributed by atoms with Gasteiger partial charge in [0.1, 0.15) is 59.1 Å². The second kappa shape index (κ2) is 20.4. The van der Waals surface area contributed by atoms with E-state index in [1.54, 1.807) is 0 Å². The van der Waals surface area contributed by atoms with Gasteiger partial charge >= 0.3 is 18.0 Å². The molecule has 0 atom stereocenters. The molecule has 0 aliphatic carbocycles. The normalized spacial score (nSPS) is 11.4. The molecule has 48 heavy (non-hydrogen) atoms. The largest absolute Gasteiger partial charge is 1.00 e. The van der Waals surface area contributed by atoms with Gasteiger partial charge in [-0.1, -0.05) is 91.0 Å². The van der Waals surface area contributed by atoms with Gasteiger partial charge in [-0.25, -0.2) is 0 Å². The van der Waals surface area contributed by atoms with Crippen LogP contribution in [0.1, 0.15) is 16.7 Å². The number of rotatable bonds is 18. The number of nitrogens with zero attached hydrogens (tertiary/aromatic N) is 6. The lowest BCUT2D eigenvalue weighted by Crippen LogP contribution is -3.00. The first kappa shape index (κ1) is 42.8. The van der Waals surface area contributed by atoms with Crippen molar-refractivity contribution in [2.24, 2.45) is 0 Å². The van der Waals surface area contributed by atoms with Gasteiger partial charge in [-0.3, -0.25) is 0 Å². The molecule has 0 aliphatic rings. The maximum Gasteiger partial charge on any atom is 0.326 e. The number of benzene rings is 3. The van der Waals surface area contributed by atoms with Gasteiger partial charge in [-0.2, -0.15) is 0 Å². The van der Waals surface area contributed by atoms with Gasteiger partial charge in [0, 0.05) is 16.7 Å². The summed E-state index contributed by atoms with van der Waals surface area (Å²) in [6, 6.07) is 32.1. The minimum Gasteiger partial charge on any atom is -1.00 e. The van der Waals surface area contributed by atoms with Crippen molar-refractivity contribution in [3.05, 3.63) is 108 Å². The Bertz CT molecular complexity index is 1260. The van der Waals surface area contributed by atoms with Crippen LogP contribution in [-0.2, 0) is 19.6 Å². The van der Waals surface area contributed by atoms with Crippen LogP contribution in [0, 0.1) is 0 Å². The van der Waals surface area contributed by atoms with Gasteiger partial charge in [-0.05, 0) is 0 Å². The third-order valence-electron chi connectivity index (χ3n) is 7.72. The van der Waals surface area contributed by atoms with Crippen molar-refractivity contribution in [3.63, 3.8) is 0 Å². The molecule has 0 radical (unpaired) electrons. The SMILES string of the molecule is C[N+](C)(CCOc1nc(OCC[N+](C)(C)Cc2ccccc2)nc(OCC[N+](C)(C)Cc2ccccc2)n1)Cc1ccccc1.[Cl-].[Cl-].[Cl-]. The van der Waals surface area contributed by atoms with Gasteiger partial charge in [0.25, 0.3) is 0 Å². The summed E-state index contributed by atoms with van der Waals surface area (Å²) in [5.74, 6) is 0. The average molecular weight is 722 g/mol. The number of ether oxygens (including phenoxy) is 3. The summed E-state index contributed by atoms with van der Waals surface area (Å²) in [6.45, 7) is 6.39. The van der Waals surface area contributed by atoms with Crippen molar-refractivity contribution in [2.45, 2.75) is 19.6 Å². The van der Waals surface area contributed by atoms with Crippen molar-refractivity contribution in [1.82, 2.24) is 15.0 Å². The second-order valence-corrected chi connectivity index (χ2v) is 13.6. The molecule has 0 spiro atoms. The molecule has 0 N–H and O–H groups in total. The van der Waals surface area contributed by atoms with Crippen molar-refractivity contribution < 1.29 is 64.9 Å². The molecular formula is C36H51Cl3N6O3. The van der Waals surface area contributed by atoms with E-state index >= 15 is 0 Å². The molecule has 0 bridgehead atoms. The lowest BCUT2D eigenvalue weighted by atomic mass is 10.2. The summed E-state index contributed by atoms with van der Waals surface area (Å²) < 4.78 is 20.5. The molecule has 0 aliphatic heterocycles. The second-order valence-electron chi connectivity index (χ2n) is 13.6. The van der Waals surface area contributed by atoms with Crippen LogP contribution in [0.15, 0.2) is 91.0 Å². The molecule has 0 unspecified atom stereocenters. The fourth-order valence-electron chi connectivity index (χ4n) is 5.14. The number of halogens is 3. The van der Waals surface area contributed by atoms with Crippen LogP contribution in [0.5, 0.6) is 18.0 Å². The van der Waals surface area contributed by atoms with Crippen LogP contribution in [-0.4, -0.2) is 110 Å². The Kier molecular flexibility index (Phi) is 18.2. The van der Waals surface area contributed by atoms with E-state index in [1.165, 1.54) is 16.7 Å². The highest BCUT2D eigenvalue weighted by Crippen LogP contribution is 2.17. The Hall–Kier alpha value is -3.18. The summed E-state index contributed by atoms with van der Waals surface area (Å²) in [4.78, 5) is 13.5. The molecular weight excluding hydrogens is 671 g/mol. The van der Waals surface area contributed by atoms with E-state index in [-0.39, 0.29) is 55.3 Å². The van der Waals surface area contributed by atoms with Gasteiger partial charge in [0.05, 0.1) is 42.3 Å². The van der Waals surface area contributed by atoms with Crippen molar-refractivity contribution >= 4 is 0 Å². The van der Waals surface area contributed by atoms with E-state index in [4.69, 9.17) is 14.2 Å². The topological polar surface area (TPSA) is 66.4 Å². The van der Waals surface area contributed by atoms with E-state index in [2.05, 4.69) is 130 Å². The van der Waals surface area contributed by atoms with Gasteiger partial charge < -0.3 is 64.9 Å². The van der Waals surface area contributed by atoms with Gasteiger partial charge in [-0.15, -0.1) is 15.0 Å². The van der Waals surface area contributed by atoms with E-state index in [1.807, 2.05) is 18.2 Å². The van der Waals surface area contributed by atoms with Crippen molar-refractivity contribution in [2.75, 3.05) is 81.7 Å². The first-order valence-corrected chi connectivity index (χ1v) is 15.7. The Labute approximate surface area is 305 Å². The Morgan fingerprint density at radius 2 is 0.625 bits per heavy atom. The molecule has 0 amide bonds. The molecule has 264 valence electrons. The quantitative estimate of drug-likeness (QED) is 0.0974. The number of aromatic nitrogens is 3. The fraction of sp³-hybridized carbons (Fsp3) is 0.417. The molecule has 1 aromatic heterocycles. The summed E-state index contributed by atoms with van der Waals surface area (Å²) in [5, 5.41) is 0. The van der Waals surface area contributed by atoms with Gasteiger partial charge in [0.15, 0.2) is 0 Å². The molecule has 0 saturated carbocycles. The molecule has 0 saturated heterocycles. The van der Waals surface area contributed by atoms with Crippen LogP contribution in [0.25, 0.3) is 0 Å². The zero-order chi connectivity index (χ0) is 32.2. The van der Waals surface area contributed by atoms with Crippen molar-refractivity contribution in [3.8, 4) is 18.0 Å². The smallest absolute Gasteiger partial charge is 0.326 e. The third-order valence-corrected chi connectivity index (χ3v) is 7.72. The first-order chi connectivity index (χ1) is 21.5. The van der Waals surface area contributed by atoms with E-state index in [0.717, 1.165) is 52.7 Å². The monoisotopic (exact) mass is 720 g/mol. The maximum absolute atomic E-state index is 6.07. The highest BCUT2D eigenvalue weighted by molar-refractivity contribution is 5.15. The summed E-state index contributed by atoms with van der Waals surface area (Å²) in [5.41, 5.74) is 3.86. The molecule has 12 heteroatoms. The number of hydrogen-bond donors (Lipinski definition) is 0. The highest BCUT2D eigenvalue weighted by Gasteiger charge is 2.21. The zero-order valence-electron chi connectivity index (χ0n) is 29.1. The minimum absolute atomic E-state index is 0. The average Bonchev–Trinajstić information content (AvgIpc) is 2.98. The maximum atomic E-state index is 6.07. The number of likely N-dealkylation sites (N-methyl/N-ethyl adjacent to an activating group) is 3. The minimum atomic E-state index is 0. The molecule has 4 aromatic rings. The van der Waals surface area contributed by atoms with Crippen molar-refractivity contribution in [1.29, 1.82) is 0 Å². The lowest BCUT2D eigenvalue weighted by molar-refractivity contribution is -0.903. The van der Waals surface area contributed by atoms with E-state index < -0.39 is 0 Å². The summed E-state index contributed by atoms with van der Waals surface area (Å²) in [7, 11) is 13.2. The standard InChI is InChI=1S/C36H51N6O3.3ClH/c1-40(2,28-31-16-10-7-11-17-31)22-25-43-34-37-35(44-26-23-41(3,4)29-32-18-12-8-13-19-32)39-36(38-34)45-27-24-42(5,6)30-33-20-14-9-15-21-33;;;/h7-21H,22-30H2,1-6H3;3*1H/q+3;;;/p-3. The summed E-state index contributed by atoms with van der Waals surface area (Å²) >= 11 is 0. The van der Waals surface area contributed by atoms with Crippen LogP contribution >= 0.6 is 0 Å². The Morgan fingerprint density at radius 1 is 0.396 bits per heavy atom. The predicted octanol–water partition coefficient (Wildman–Crippen LogP) is -4.15. The number of quaternary nitrogens is 3. The molecule has 9 nitrogen and oxygen atoms in total. The first-order valence-electron chi connectivity index (χ1n) is 15.7. The molecule has 3 aromatic carbocycles. The Morgan fingerprint density at radius 3 is 0.854 bits per heavy atom. The highest BCUT2D eigenvalue weighted by atomic mass is 35.5. The van der Waals surface area contributed by atoms with Gasteiger partial charge in [0.2, 0.25) is 0 Å². The van der Waals surface area contributed by atoms with Crippen LogP contribution in [0.4, 0.5) is 0 Å². The zero-order valence-corrected chi connectivity index (χ0v) is 31.3. The predicted molar refractivity (Wildman–Crippen MR) is 178 cm³/mol. The molecule has 1 heterocycles. The van der Waals surface area contributed by atoms with E-state index in [0.29, 0.717) is 19.8 Å². The lowest BCUT2D eigenvalue weighted by Gasteiger charge is -2.30. The van der Waals surface area contributed by atoms with Crippen LogP contribution in [0.2, 0.25) is 0 Å². The fourth-order valence-corrected chi connectivity index (χ4v) is 5.14. The molecule has 4 rings (SSSR count). The summed E-state index contributed by atoms with van der Waals surface area (Å²) in [6.07, 6.45) is 0. The van der Waals surface area contributed by atoms with E-state index in [9.17, 15) is 0 Å². The van der Waals surface area contributed by atoms with Crippen LogP contribution < -0.4 is 51.4 Å². The third kappa shape index (κ3) is 15.8. The number of hydrogen-bond acceptors (Lipinski definition) is 6. The molecule has 0 fully saturated rings.